The maximum atomic E-state index is 13.9. The fourth-order valence-corrected chi connectivity index (χ4v) is 6.48. The monoisotopic (exact) mass is 602 g/mol. The van der Waals surface area contributed by atoms with Gasteiger partial charge in [-0.1, -0.05) is 30.3 Å². The lowest BCUT2D eigenvalue weighted by atomic mass is 9.94. The van der Waals surface area contributed by atoms with Crippen LogP contribution in [0.15, 0.2) is 89.5 Å². The molecule has 2 aromatic heterocycles. The van der Waals surface area contributed by atoms with Gasteiger partial charge >= 0.3 is 0 Å². The fourth-order valence-electron chi connectivity index (χ4n) is 6.48. The van der Waals surface area contributed by atoms with Crippen LogP contribution in [0.4, 0.5) is 0 Å². The molecule has 2 aliphatic rings. The van der Waals surface area contributed by atoms with Gasteiger partial charge in [-0.05, 0) is 73.9 Å². The van der Waals surface area contributed by atoms with Crippen molar-refractivity contribution in [3.8, 4) is 5.75 Å². The van der Waals surface area contributed by atoms with E-state index in [2.05, 4.69) is 10.3 Å². The van der Waals surface area contributed by atoms with Crippen molar-refractivity contribution in [1.29, 1.82) is 0 Å². The van der Waals surface area contributed by atoms with Crippen LogP contribution >= 0.6 is 0 Å². The largest absolute Gasteiger partial charge is 0.494 e. The molecule has 45 heavy (non-hydrogen) atoms. The first kappa shape index (κ1) is 28.6. The highest BCUT2D eigenvalue weighted by molar-refractivity contribution is 6.06. The number of ether oxygens (including phenoxy) is 1. The van der Waals surface area contributed by atoms with E-state index in [-0.39, 0.29) is 36.2 Å². The van der Waals surface area contributed by atoms with Crippen molar-refractivity contribution in [2.75, 3.05) is 32.8 Å². The van der Waals surface area contributed by atoms with Crippen molar-refractivity contribution in [3.05, 3.63) is 108 Å². The topological polar surface area (TPSA) is 105 Å². The van der Waals surface area contributed by atoms with Gasteiger partial charge in [0.1, 0.15) is 17.1 Å². The van der Waals surface area contributed by atoms with Crippen LogP contribution in [0, 0.1) is 6.92 Å². The van der Waals surface area contributed by atoms with E-state index in [1.54, 1.807) is 28.1 Å². The third-order valence-electron chi connectivity index (χ3n) is 8.70. The maximum absolute atomic E-state index is 13.9. The highest BCUT2D eigenvalue weighted by atomic mass is 16.5. The first-order chi connectivity index (χ1) is 21.9. The number of likely N-dealkylation sites (tertiary alicyclic amines) is 1. The molecule has 1 N–H and O–H groups in total. The van der Waals surface area contributed by atoms with Gasteiger partial charge in [-0.15, -0.1) is 0 Å². The second-order valence-corrected chi connectivity index (χ2v) is 11.8. The van der Waals surface area contributed by atoms with Crippen molar-refractivity contribution >= 4 is 39.6 Å². The first-order valence-electron chi connectivity index (χ1n) is 15.4. The van der Waals surface area contributed by atoms with Crippen LogP contribution in [0.3, 0.4) is 0 Å². The van der Waals surface area contributed by atoms with E-state index < -0.39 is 0 Å². The molecule has 0 aliphatic carbocycles. The van der Waals surface area contributed by atoms with Crippen molar-refractivity contribution < 1.29 is 23.5 Å². The standard InChI is InChI=1S/C36H34N4O5/c1-23-17-26-8-5-11-29(34(26)45-23)36(43)39-15-2-3-16-44-28-10-4-7-24(19-28)30-20-40(21-32(30)38-33(41)22-39)35(42)27-12-13-31-25(18-27)9-6-14-37-31/h4-14,17-19,30,32H,2-3,15-16,20-22H2,1H3,(H,38,41)/t30-,32+/m1/s1. The lowest BCUT2D eigenvalue weighted by Crippen LogP contribution is -2.47. The first-order valence-corrected chi connectivity index (χ1v) is 15.4. The molecule has 2 aliphatic heterocycles. The summed E-state index contributed by atoms with van der Waals surface area (Å²) in [5.41, 5.74) is 3.34. The van der Waals surface area contributed by atoms with Crippen LogP contribution in [-0.2, 0) is 4.79 Å². The average Bonchev–Trinajstić information content (AvgIpc) is 3.65. The number of benzene rings is 3. The van der Waals surface area contributed by atoms with Crippen LogP contribution in [0.1, 0.15) is 50.8 Å². The summed E-state index contributed by atoms with van der Waals surface area (Å²) in [6.07, 6.45) is 3.12. The molecule has 2 bridgehead atoms. The molecule has 0 saturated carbocycles. The third kappa shape index (κ3) is 5.85. The highest BCUT2D eigenvalue weighted by Crippen LogP contribution is 2.32. The minimum absolute atomic E-state index is 0.105. The van der Waals surface area contributed by atoms with E-state index in [9.17, 15) is 14.4 Å². The van der Waals surface area contributed by atoms with Gasteiger partial charge in [0.2, 0.25) is 5.91 Å². The number of hydrogen-bond acceptors (Lipinski definition) is 6. The molecule has 0 unspecified atom stereocenters. The molecule has 5 aromatic rings. The van der Waals surface area contributed by atoms with Gasteiger partial charge < -0.3 is 24.3 Å². The van der Waals surface area contributed by atoms with Gasteiger partial charge in [-0.3, -0.25) is 19.4 Å². The Morgan fingerprint density at radius 1 is 0.889 bits per heavy atom. The smallest absolute Gasteiger partial charge is 0.258 e. The number of furan rings is 1. The molecule has 1 fully saturated rings. The number of nitrogens with zero attached hydrogens (tertiary/aromatic N) is 3. The molecule has 3 amide bonds. The Kier molecular flexibility index (Phi) is 7.67. The quantitative estimate of drug-likeness (QED) is 0.293. The van der Waals surface area contributed by atoms with Crippen molar-refractivity contribution in [3.63, 3.8) is 0 Å². The molecule has 2 atom stereocenters. The van der Waals surface area contributed by atoms with Gasteiger partial charge in [0.25, 0.3) is 11.8 Å². The molecular weight excluding hydrogens is 568 g/mol. The summed E-state index contributed by atoms with van der Waals surface area (Å²) in [4.78, 5) is 49.0. The summed E-state index contributed by atoms with van der Waals surface area (Å²) >= 11 is 0. The molecular formula is C36H34N4O5. The van der Waals surface area contributed by atoms with Gasteiger partial charge in [0, 0.05) is 48.1 Å². The summed E-state index contributed by atoms with van der Waals surface area (Å²) in [6.45, 7) is 3.39. The second kappa shape index (κ2) is 12.1. The summed E-state index contributed by atoms with van der Waals surface area (Å²) in [5, 5.41) is 4.93. The summed E-state index contributed by atoms with van der Waals surface area (Å²) < 4.78 is 12.0. The minimum atomic E-state index is -0.352. The minimum Gasteiger partial charge on any atom is -0.494 e. The molecule has 228 valence electrons. The Bertz CT molecular complexity index is 1920. The van der Waals surface area contributed by atoms with Crippen LogP contribution in [0.5, 0.6) is 5.75 Å². The summed E-state index contributed by atoms with van der Waals surface area (Å²) in [6, 6.07) is 24.2. The number of para-hydroxylation sites is 1. The second-order valence-electron chi connectivity index (χ2n) is 11.8. The predicted molar refractivity (Wildman–Crippen MR) is 170 cm³/mol. The highest BCUT2D eigenvalue weighted by Gasteiger charge is 2.38. The zero-order chi connectivity index (χ0) is 30.9. The number of pyridine rings is 1. The SMILES string of the molecule is Cc1cc2cccc(C(=O)N3CCCCOc4cccc(c4)[C@H]4CN(C(=O)c5ccc6ncccc6c5)C[C@@H]4NC(=O)C3)c2o1. The Morgan fingerprint density at radius 2 is 1.76 bits per heavy atom. The number of aromatic nitrogens is 1. The van der Waals surface area contributed by atoms with Crippen molar-refractivity contribution in [2.24, 2.45) is 0 Å². The molecule has 0 spiro atoms. The van der Waals surface area contributed by atoms with Gasteiger partial charge in [0.15, 0.2) is 0 Å². The van der Waals surface area contributed by atoms with Gasteiger partial charge in [-0.2, -0.15) is 0 Å². The summed E-state index contributed by atoms with van der Waals surface area (Å²) in [5.74, 6) is 0.679. The Morgan fingerprint density at radius 3 is 2.67 bits per heavy atom. The number of amides is 3. The number of carbonyl (C=O) groups is 3. The molecule has 1 saturated heterocycles. The zero-order valence-electron chi connectivity index (χ0n) is 25.1. The Labute approximate surface area is 260 Å². The normalized spacial score (nSPS) is 19.1. The average molecular weight is 603 g/mol. The number of nitrogens with one attached hydrogen (secondary N) is 1. The van der Waals surface area contributed by atoms with E-state index in [1.165, 1.54) is 0 Å². The number of carbonyl (C=O) groups excluding carboxylic acids is 3. The molecule has 9 heteroatoms. The molecule has 4 heterocycles. The Hall–Kier alpha value is -5.18. The number of hydrogen-bond donors (Lipinski definition) is 1. The third-order valence-corrected chi connectivity index (χ3v) is 8.70. The van der Waals surface area contributed by atoms with Crippen LogP contribution < -0.4 is 10.1 Å². The Balaban J connectivity index is 1.16. The van der Waals surface area contributed by atoms with Crippen LogP contribution in [0.2, 0.25) is 0 Å². The van der Waals surface area contributed by atoms with Crippen LogP contribution in [-0.4, -0.2) is 71.3 Å². The molecule has 0 radical (unpaired) electrons. The fraction of sp³-hybridized carbons (Fsp3) is 0.278. The van der Waals surface area contributed by atoms with E-state index in [0.29, 0.717) is 49.4 Å². The maximum Gasteiger partial charge on any atom is 0.258 e. The van der Waals surface area contributed by atoms with Gasteiger partial charge in [-0.25, -0.2) is 0 Å². The summed E-state index contributed by atoms with van der Waals surface area (Å²) in [7, 11) is 0. The number of aryl methyl sites for hydroxylation is 1. The molecule has 3 aromatic carbocycles. The zero-order valence-corrected chi connectivity index (χ0v) is 25.1. The number of rotatable bonds is 2. The lowest BCUT2D eigenvalue weighted by molar-refractivity contribution is -0.122. The van der Waals surface area contributed by atoms with E-state index in [0.717, 1.165) is 39.8 Å². The van der Waals surface area contributed by atoms with E-state index in [4.69, 9.17) is 9.15 Å². The van der Waals surface area contributed by atoms with Crippen molar-refractivity contribution in [2.45, 2.75) is 31.7 Å². The van der Waals surface area contributed by atoms with E-state index in [1.807, 2.05) is 73.7 Å². The van der Waals surface area contributed by atoms with E-state index >= 15 is 0 Å². The predicted octanol–water partition coefficient (Wildman–Crippen LogP) is 5.33. The van der Waals surface area contributed by atoms with Gasteiger partial charge in [0.05, 0.1) is 30.3 Å². The van der Waals surface area contributed by atoms with Crippen LogP contribution in [0.25, 0.3) is 21.9 Å². The van der Waals surface area contributed by atoms with Crippen molar-refractivity contribution in [1.82, 2.24) is 20.1 Å². The number of fused-ring (bicyclic) bond motifs is 6. The lowest BCUT2D eigenvalue weighted by Gasteiger charge is -2.26. The molecule has 9 nitrogen and oxygen atoms in total. The molecule has 7 rings (SSSR count).